The average molecular weight is 371 g/mol. The topological polar surface area (TPSA) is 59.8 Å². The van der Waals surface area contributed by atoms with Crippen molar-refractivity contribution < 1.29 is 4.79 Å². The van der Waals surface area contributed by atoms with Crippen molar-refractivity contribution in [2.45, 2.75) is 13.8 Å². The summed E-state index contributed by atoms with van der Waals surface area (Å²) in [6, 6.07) is 14.9. The Kier molecular flexibility index (Phi) is 4.25. The van der Waals surface area contributed by atoms with E-state index in [0.717, 1.165) is 21.5 Å². The zero-order valence-corrected chi connectivity index (χ0v) is 14.3. The van der Waals surface area contributed by atoms with E-state index in [2.05, 4.69) is 31.3 Å². The summed E-state index contributed by atoms with van der Waals surface area (Å²) in [6.45, 7) is 3.74. The summed E-state index contributed by atoms with van der Waals surface area (Å²) in [5.74, 6) is 0.346. The summed E-state index contributed by atoms with van der Waals surface area (Å²) in [6.07, 6.45) is 0. The zero-order valence-electron chi connectivity index (χ0n) is 12.7. The summed E-state index contributed by atoms with van der Waals surface area (Å²) in [7, 11) is 0. The molecule has 1 amide bonds. The predicted molar refractivity (Wildman–Crippen MR) is 92.9 cm³/mol. The van der Waals surface area contributed by atoms with Crippen molar-refractivity contribution in [2.24, 2.45) is 0 Å². The Hall–Kier alpha value is -2.47. The lowest BCUT2D eigenvalue weighted by atomic mass is 10.3. The second-order valence-electron chi connectivity index (χ2n) is 5.18. The molecule has 2 heterocycles. The molecule has 0 unspecified atom stereocenters. The molecule has 3 rings (SSSR count). The molecule has 0 radical (unpaired) electrons. The third-order valence-electron chi connectivity index (χ3n) is 3.25. The fourth-order valence-electron chi connectivity index (χ4n) is 2.24. The van der Waals surface area contributed by atoms with Crippen LogP contribution in [0, 0.1) is 13.8 Å². The van der Waals surface area contributed by atoms with Gasteiger partial charge in [-0.05, 0) is 44.2 Å². The van der Waals surface area contributed by atoms with E-state index >= 15 is 0 Å². The maximum atomic E-state index is 12.4. The first kappa shape index (κ1) is 15.4. The molecule has 0 aliphatic heterocycles. The largest absolute Gasteiger partial charge is 0.305 e. The van der Waals surface area contributed by atoms with Crippen LogP contribution in [0.15, 0.2) is 53.0 Å². The highest BCUT2D eigenvalue weighted by Crippen LogP contribution is 2.20. The molecule has 6 heteroatoms. The van der Waals surface area contributed by atoms with Crippen LogP contribution < -0.4 is 5.32 Å². The van der Waals surface area contributed by atoms with E-state index < -0.39 is 0 Å². The quantitative estimate of drug-likeness (QED) is 0.760. The molecule has 23 heavy (non-hydrogen) atoms. The van der Waals surface area contributed by atoms with Gasteiger partial charge in [0.05, 0.1) is 11.4 Å². The molecule has 0 spiro atoms. The van der Waals surface area contributed by atoms with E-state index in [1.54, 1.807) is 10.7 Å². The lowest BCUT2D eigenvalue weighted by Gasteiger charge is -2.09. The van der Waals surface area contributed by atoms with Gasteiger partial charge in [-0.2, -0.15) is 5.10 Å². The minimum atomic E-state index is -0.259. The van der Waals surface area contributed by atoms with Gasteiger partial charge in [0.1, 0.15) is 11.5 Å². The van der Waals surface area contributed by atoms with Crippen LogP contribution in [-0.2, 0) is 0 Å². The first-order chi connectivity index (χ1) is 11.0. The molecule has 0 aliphatic carbocycles. The van der Waals surface area contributed by atoms with Crippen LogP contribution in [-0.4, -0.2) is 20.7 Å². The standard InChI is InChI=1S/C17H15BrN4O/c1-11-5-3-8-15(19-11)17(23)20-16-9-12(2)21-22(16)14-7-4-6-13(18)10-14/h3-10H,1-2H3,(H,20,23). The number of aromatic nitrogens is 3. The Labute approximate surface area is 142 Å². The van der Waals surface area contributed by atoms with Gasteiger partial charge in [0.2, 0.25) is 0 Å². The number of hydrogen-bond acceptors (Lipinski definition) is 3. The monoisotopic (exact) mass is 370 g/mol. The molecule has 0 aliphatic rings. The first-order valence-corrected chi connectivity index (χ1v) is 7.90. The predicted octanol–water partition coefficient (Wildman–Crippen LogP) is 3.90. The van der Waals surface area contributed by atoms with E-state index in [9.17, 15) is 4.79 Å². The third kappa shape index (κ3) is 3.48. The summed E-state index contributed by atoms with van der Waals surface area (Å²) in [4.78, 5) is 16.6. The molecule has 0 bridgehead atoms. The Balaban J connectivity index is 1.93. The number of carbonyl (C=O) groups is 1. The van der Waals surface area contributed by atoms with E-state index in [1.165, 1.54) is 0 Å². The van der Waals surface area contributed by atoms with Crippen molar-refractivity contribution in [3.05, 3.63) is 70.1 Å². The van der Waals surface area contributed by atoms with Gasteiger partial charge in [-0.15, -0.1) is 0 Å². The highest BCUT2D eigenvalue weighted by molar-refractivity contribution is 9.10. The molecule has 0 fully saturated rings. The van der Waals surface area contributed by atoms with Gasteiger partial charge in [0, 0.05) is 16.2 Å². The lowest BCUT2D eigenvalue weighted by molar-refractivity contribution is 0.102. The molecular formula is C17H15BrN4O. The number of rotatable bonds is 3. The summed E-state index contributed by atoms with van der Waals surface area (Å²) in [5.41, 5.74) is 2.86. The fraction of sp³-hybridized carbons (Fsp3) is 0.118. The Bertz CT molecular complexity index is 873. The molecule has 0 atom stereocenters. The molecule has 2 aromatic heterocycles. The van der Waals surface area contributed by atoms with Crippen molar-refractivity contribution in [1.29, 1.82) is 0 Å². The maximum absolute atomic E-state index is 12.4. The number of hydrogen-bond donors (Lipinski definition) is 1. The van der Waals surface area contributed by atoms with Crippen LogP contribution in [0.25, 0.3) is 5.69 Å². The molecule has 0 saturated carbocycles. The normalized spacial score (nSPS) is 10.6. The van der Waals surface area contributed by atoms with Gasteiger partial charge >= 0.3 is 0 Å². The number of anilines is 1. The molecule has 0 saturated heterocycles. The van der Waals surface area contributed by atoms with Crippen LogP contribution in [0.3, 0.4) is 0 Å². The van der Waals surface area contributed by atoms with Gasteiger partial charge in [0.15, 0.2) is 0 Å². The average Bonchev–Trinajstić information content (AvgIpc) is 2.88. The zero-order chi connectivity index (χ0) is 16.4. The number of aryl methyl sites for hydroxylation is 2. The SMILES string of the molecule is Cc1cccc(C(=O)Nc2cc(C)nn2-c2cccc(Br)c2)n1. The molecular weight excluding hydrogens is 356 g/mol. The van der Waals surface area contributed by atoms with E-state index in [-0.39, 0.29) is 5.91 Å². The van der Waals surface area contributed by atoms with Gasteiger partial charge in [-0.3, -0.25) is 4.79 Å². The molecule has 1 aromatic carbocycles. The van der Waals surface area contributed by atoms with Crippen molar-refractivity contribution in [3.63, 3.8) is 0 Å². The van der Waals surface area contributed by atoms with Crippen LogP contribution in [0.1, 0.15) is 21.9 Å². The molecule has 1 N–H and O–H groups in total. The highest BCUT2D eigenvalue weighted by atomic mass is 79.9. The number of pyridine rings is 1. The minimum absolute atomic E-state index is 0.259. The maximum Gasteiger partial charge on any atom is 0.275 e. The highest BCUT2D eigenvalue weighted by Gasteiger charge is 2.13. The summed E-state index contributed by atoms with van der Waals surface area (Å²) in [5, 5.41) is 7.32. The van der Waals surface area contributed by atoms with Gasteiger partial charge in [0.25, 0.3) is 5.91 Å². The Morgan fingerprint density at radius 1 is 1.09 bits per heavy atom. The Morgan fingerprint density at radius 3 is 2.61 bits per heavy atom. The minimum Gasteiger partial charge on any atom is -0.305 e. The van der Waals surface area contributed by atoms with Crippen LogP contribution in [0.5, 0.6) is 0 Å². The van der Waals surface area contributed by atoms with Crippen molar-refractivity contribution in [3.8, 4) is 5.69 Å². The number of nitrogens with one attached hydrogen (secondary N) is 1. The lowest BCUT2D eigenvalue weighted by Crippen LogP contribution is -2.16. The second kappa shape index (κ2) is 6.34. The van der Waals surface area contributed by atoms with Crippen molar-refractivity contribution in [2.75, 3.05) is 5.32 Å². The van der Waals surface area contributed by atoms with Crippen molar-refractivity contribution in [1.82, 2.24) is 14.8 Å². The molecule has 116 valence electrons. The number of amides is 1. The number of benzene rings is 1. The number of nitrogens with zero attached hydrogens (tertiary/aromatic N) is 3. The Morgan fingerprint density at radius 2 is 1.87 bits per heavy atom. The second-order valence-corrected chi connectivity index (χ2v) is 6.10. The fourth-order valence-corrected chi connectivity index (χ4v) is 2.63. The van der Waals surface area contributed by atoms with Crippen LogP contribution in [0.2, 0.25) is 0 Å². The van der Waals surface area contributed by atoms with Crippen LogP contribution >= 0.6 is 15.9 Å². The van der Waals surface area contributed by atoms with Gasteiger partial charge in [-0.25, -0.2) is 9.67 Å². The molecule has 3 aromatic rings. The number of carbonyl (C=O) groups excluding carboxylic acids is 1. The van der Waals surface area contributed by atoms with Crippen molar-refractivity contribution >= 4 is 27.7 Å². The van der Waals surface area contributed by atoms with Crippen LogP contribution in [0.4, 0.5) is 5.82 Å². The summed E-state index contributed by atoms with van der Waals surface area (Å²) < 4.78 is 2.65. The van der Waals surface area contributed by atoms with E-state index in [0.29, 0.717) is 11.5 Å². The van der Waals surface area contributed by atoms with E-state index in [4.69, 9.17) is 0 Å². The smallest absolute Gasteiger partial charge is 0.275 e. The summed E-state index contributed by atoms with van der Waals surface area (Å²) >= 11 is 3.45. The van der Waals surface area contributed by atoms with Gasteiger partial charge < -0.3 is 5.32 Å². The van der Waals surface area contributed by atoms with Gasteiger partial charge in [-0.1, -0.05) is 28.1 Å². The molecule has 5 nitrogen and oxygen atoms in total. The number of halogens is 1. The third-order valence-corrected chi connectivity index (χ3v) is 3.74. The first-order valence-electron chi connectivity index (χ1n) is 7.10. The van der Waals surface area contributed by atoms with E-state index in [1.807, 2.05) is 56.3 Å².